The lowest BCUT2D eigenvalue weighted by molar-refractivity contribution is 0.114. The number of hydrogen-bond acceptors (Lipinski definition) is 3. The van der Waals surface area contributed by atoms with Gasteiger partial charge in [-0.3, -0.25) is 9.80 Å². The van der Waals surface area contributed by atoms with E-state index in [9.17, 15) is 4.39 Å². The molecule has 0 amide bonds. The van der Waals surface area contributed by atoms with Gasteiger partial charge in [0.15, 0.2) is 0 Å². The highest BCUT2D eigenvalue weighted by atomic mass is 79.9. The minimum Gasteiger partial charge on any atom is -0.297 e. The third-order valence-electron chi connectivity index (χ3n) is 3.55. The molecule has 0 aliphatic carbocycles. The first kappa shape index (κ1) is 14.4. The van der Waals surface area contributed by atoms with Crippen LogP contribution in [0.2, 0.25) is 0 Å². The highest BCUT2D eigenvalue weighted by molar-refractivity contribution is 9.10. The lowest BCUT2D eigenvalue weighted by atomic mass is 10.2. The van der Waals surface area contributed by atoms with Crippen molar-refractivity contribution < 1.29 is 4.39 Å². The lowest BCUT2D eigenvalue weighted by Crippen LogP contribution is -2.48. The van der Waals surface area contributed by atoms with Gasteiger partial charge in [-0.25, -0.2) is 4.39 Å². The maximum atomic E-state index is 13.0. The first-order valence-electron chi connectivity index (χ1n) is 6.40. The Morgan fingerprint density at radius 1 is 1.37 bits per heavy atom. The second-order valence-electron chi connectivity index (χ2n) is 4.85. The van der Waals surface area contributed by atoms with Gasteiger partial charge in [-0.2, -0.15) is 5.26 Å². The molecule has 1 fully saturated rings. The van der Waals surface area contributed by atoms with Crippen LogP contribution in [0.15, 0.2) is 22.7 Å². The largest absolute Gasteiger partial charge is 0.297 e. The summed E-state index contributed by atoms with van der Waals surface area (Å²) in [5.41, 5.74) is 1.10. The normalized spacial score (nSPS) is 19.1. The molecule has 0 radical (unpaired) electrons. The van der Waals surface area contributed by atoms with Crippen LogP contribution >= 0.6 is 15.9 Å². The highest BCUT2D eigenvalue weighted by Gasteiger charge is 2.21. The molecular weight excluding hydrogens is 309 g/mol. The van der Waals surface area contributed by atoms with Gasteiger partial charge >= 0.3 is 0 Å². The molecule has 1 aromatic carbocycles. The number of halogens is 2. The zero-order valence-corrected chi connectivity index (χ0v) is 12.5. The van der Waals surface area contributed by atoms with Gasteiger partial charge in [-0.1, -0.05) is 22.0 Å². The van der Waals surface area contributed by atoms with E-state index in [1.807, 2.05) is 13.0 Å². The number of nitrogens with zero attached hydrogens (tertiary/aromatic N) is 3. The van der Waals surface area contributed by atoms with Gasteiger partial charge in [0.05, 0.1) is 12.1 Å². The topological polar surface area (TPSA) is 30.3 Å². The minimum absolute atomic E-state index is 0.0142. The summed E-state index contributed by atoms with van der Waals surface area (Å²) in [6.45, 7) is 6.45. The van der Waals surface area contributed by atoms with Crippen molar-refractivity contribution in [3.63, 3.8) is 0 Å². The number of nitriles is 1. The van der Waals surface area contributed by atoms with Crippen LogP contribution in [0.4, 0.5) is 4.39 Å². The van der Waals surface area contributed by atoms with Gasteiger partial charge in [0.1, 0.15) is 5.82 Å². The van der Waals surface area contributed by atoms with Crippen molar-refractivity contribution in [3.8, 4) is 6.07 Å². The fourth-order valence-electron chi connectivity index (χ4n) is 2.28. The Kier molecular flexibility index (Phi) is 4.92. The Bertz CT molecular complexity index is 478. The molecule has 102 valence electrons. The van der Waals surface area contributed by atoms with Crippen molar-refractivity contribution in [2.24, 2.45) is 0 Å². The fourth-order valence-corrected chi connectivity index (χ4v) is 2.76. The van der Waals surface area contributed by atoms with Crippen molar-refractivity contribution in [1.29, 1.82) is 5.26 Å². The molecule has 1 atom stereocenters. The Balaban J connectivity index is 1.91. The van der Waals surface area contributed by atoms with Crippen LogP contribution in [-0.4, -0.2) is 42.0 Å². The van der Waals surface area contributed by atoms with Crippen molar-refractivity contribution in [3.05, 3.63) is 34.1 Å². The molecule has 1 aromatic rings. The third-order valence-corrected chi connectivity index (χ3v) is 4.29. The molecule has 19 heavy (non-hydrogen) atoms. The van der Waals surface area contributed by atoms with Crippen molar-refractivity contribution >= 4 is 15.9 Å². The average Bonchev–Trinajstić information content (AvgIpc) is 2.42. The van der Waals surface area contributed by atoms with Crippen LogP contribution in [-0.2, 0) is 6.54 Å². The Labute approximate surface area is 121 Å². The van der Waals surface area contributed by atoms with Crippen molar-refractivity contribution in [2.45, 2.75) is 19.5 Å². The van der Waals surface area contributed by atoms with E-state index in [0.29, 0.717) is 0 Å². The number of rotatable bonds is 3. The summed E-state index contributed by atoms with van der Waals surface area (Å²) in [4.78, 5) is 4.52. The van der Waals surface area contributed by atoms with E-state index < -0.39 is 0 Å². The Morgan fingerprint density at radius 3 is 2.63 bits per heavy atom. The minimum atomic E-state index is -0.219. The van der Waals surface area contributed by atoms with Crippen molar-refractivity contribution in [2.75, 3.05) is 26.2 Å². The van der Waals surface area contributed by atoms with Gasteiger partial charge in [-0.05, 0) is 24.6 Å². The van der Waals surface area contributed by atoms with Gasteiger partial charge in [0.25, 0.3) is 0 Å². The SMILES string of the molecule is CC(C#N)N1CCN(Cc2ccc(F)cc2Br)CC1. The lowest BCUT2D eigenvalue weighted by Gasteiger charge is -2.36. The molecular formula is C14H17BrFN3. The molecule has 1 heterocycles. The maximum Gasteiger partial charge on any atom is 0.124 e. The zero-order valence-electron chi connectivity index (χ0n) is 10.9. The summed E-state index contributed by atoms with van der Waals surface area (Å²) in [7, 11) is 0. The quantitative estimate of drug-likeness (QED) is 0.855. The van der Waals surface area contributed by atoms with Gasteiger partial charge in [0, 0.05) is 37.2 Å². The predicted molar refractivity (Wildman–Crippen MR) is 76.0 cm³/mol. The molecule has 1 saturated heterocycles. The van der Waals surface area contributed by atoms with E-state index in [-0.39, 0.29) is 11.9 Å². The number of benzene rings is 1. The molecule has 0 bridgehead atoms. The Morgan fingerprint density at radius 2 is 2.05 bits per heavy atom. The first-order valence-corrected chi connectivity index (χ1v) is 7.19. The molecule has 0 N–H and O–H groups in total. The van der Waals surface area contributed by atoms with Crippen LogP contribution in [0.5, 0.6) is 0 Å². The molecule has 0 spiro atoms. The van der Waals surface area contributed by atoms with E-state index in [4.69, 9.17) is 5.26 Å². The van der Waals surface area contributed by atoms with Crippen molar-refractivity contribution in [1.82, 2.24) is 9.80 Å². The van der Waals surface area contributed by atoms with Crippen LogP contribution in [0.25, 0.3) is 0 Å². The van der Waals surface area contributed by atoms with Crippen LogP contribution in [0.3, 0.4) is 0 Å². The second kappa shape index (κ2) is 6.47. The zero-order chi connectivity index (χ0) is 13.8. The summed E-state index contributed by atoms with van der Waals surface area (Å²) in [6.07, 6.45) is 0. The van der Waals surface area contributed by atoms with E-state index in [2.05, 4.69) is 31.8 Å². The number of hydrogen-bond donors (Lipinski definition) is 0. The molecule has 1 unspecified atom stereocenters. The average molecular weight is 326 g/mol. The summed E-state index contributed by atoms with van der Waals surface area (Å²) in [5.74, 6) is -0.219. The monoisotopic (exact) mass is 325 g/mol. The van der Waals surface area contributed by atoms with E-state index >= 15 is 0 Å². The Hall–Kier alpha value is -0.960. The third kappa shape index (κ3) is 3.75. The highest BCUT2D eigenvalue weighted by Crippen LogP contribution is 2.20. The molecule has 0 saturated carbocycles. The predicted octanol–water partition coefficient (Wildman–Crippen LogP) is 2.62. The summed E-state index contributed by atoms with van der Waals surface area (Å²) in [6, 6.07) is 7.08. The first-order chi connectivity index (χ1) is 9.10. The molecule has 1 aliphatic heterocycles. The van der Waals surface area contributed by atoms with Gasteiger partial charge < -0.3 is 0 Å². The van der Waals surface area contributed by atoms with E-state index in [1.165, 1.54) is 12.1 Å². The molecule has 0 aromatic heterocycles. The second-order valence-corrected chi connectivity index (χ2v) is 5.71. The van der Waals surface area contributed by atoms with Crippen LogP contribution in [0, 0.1) is 17.1 Å². The fraction of sp³-hybridized carbons (Fsp3) is 0.500. The number of piperazine rings is 1. The standard InChI is InChI=1S/C14H17BrFN3/c1-11(9-17)19-6-4-18(5-7-19)10-12-2-3-13(16)8-14(12)15/h2-3,8,11H,4-7,10H2,1H3. The van der Waals surface area contributed by atoms with Crippen LogP contribution in [0.1, 0.15) is 12.5 Å². The summed E-state index contributed by atoms with van der Waals surface area (Å²) >= 11 is 3.40. The molecule has 2 rings (SSSR count). The van der Waals surface area contributed by atoms with Gasteiger partial charge in [0.2, 0.25) is 0 Å². The molecule has 3 nitrogen and oxygen atoms in total. The van der Waals surface area contributed by atoms with Crippen LogP contribution < -0.4 is 0 Å². The maximum absolute atomic E-state index is 13.0. The van der Waals surface area contributed by atoms with Gasteiger partial charge in [-0.15, -0.1) is 0 Å². The summed E-state index contributed by atoms with van der Waals surface area (Å²) < 4.78 is 13.8. The smallest absolute Gasteiger partial charge is 0.124 e. The molecule has 1 aliphatic rings. The summed E-state index contributed by atoms with van der Waals surface area (Å²) in [5, 5.41) is 8.90. The van der Waals surface area contributed by atoms with E-state index in [1.54, 1.807) is 0 Å². The molecule has 5 heteroatoms. The van der Waals surface area contributed by atoms with E-state index in [0.717, 1.165) is 42.8 Å².